The Kier molecular flexibility index (Phi) is 6.05. The molecule has 0 aromatic heterocycles. The molecule has 0 bridgehead atoms. The van der Waals surface area contributed by atoms with Crippen LogP contribution in [0.4, 0.5) is 5.69 Å². The molecule has 0 saturated heterocycles. The van der Waals surface area contributed by atoms with E-state index in [-0.39, 0.29) is 15.6 Å². The van der Waals surface area contributed by atoms with Crippen molar-refractivity contribution in [3.63, 3.8) is 0 Å². The molecule has 0 radical (unpaired) electrons. The fraction of sp³-hybridized carbons (Fsp3) is 0.0667. The summed E-state index contributed by atoms with van der Waals surface area (Å²) in [5, 5.41) is 12.2. The lowest BCUT2D eigenvalue weighted by Crippen LogP contribution is -2.18. The third-order valence-corrected chi connectivity index (χ3v) is 7.79. The summed E-state index contributed by atoms with van der Waals surface area (Å²) in [6.07, 6.45) is 0. The van der Waals surface area contributed by atoms with Crippen LogP contribution in [0.3, 0.4) is 0 Å². The first-order chi connectivity index (χ1) is 10.7. The Morgan fingerprint density at radius 1 is 0.870 bits per heavy atom. The van der Waals surface area contributed by atoms with E-state index in [0.29, 0.717) is 19.1 Å². The quantitative estimate of drug-likeness (QED) is 0.352. The molecule has 0 heterocycles. The van der Waals surface area contributed by atoms with Gasteiger partial charge in [0.05, 0.1) is 11.1 Å². The van der Waals surface area contributed by atoms with Crippen molar-refractivity contribution in [2.24, 2.45) is 0 Å². The van der Waals surface area contributed by atoms with Crippen LogP contribution in [-0.2, 0) is 0 Å². The SMILES string of the molecule is Cc1ccc(NC(=O)c2c(Br)c(Br)c(Br)c(Br)c2C(=O)O)cc1. The summed E-state index contributed by atoms with van der Waals surface area (Å²) < 4.78 is 1.70. The molecular weight excluding hydrogens is 562 g/mol. The van der Waals surface area contributed by atoms with E-state index < -0.39 is 11.9 Å². The number of hydrogen-bond acceptors (Lipinski definition) is 2. The van der Waals surface area contributed by atoms with Crippen molar-refractivity contribution in [2.45, 2.75) is 6.92 Å². The number of amides is 1. The highest BCUT2D eigenvalue weighted by atomic mass is 79.9. The number of benzene rings is 2. The highest BCUT2D eigenvalue weighted by Crippen LogP contribution is 2.42. The van der Waals surface area contributed by atoms with E-state index >= 15 is 0 Å². The van der Waals surface area contributed by atoms with E-state index in [1.165, 1.54) is 0 Å². The molecule has 0 atom stereocenters. The minimum Gasteiger partial charge on any atom is -0.478 e. The number of carboxylic acids is 1. The van der Waals surface area contributed by atoms with Gasteiger partial charge in [0, 0.05) is 23.6 Å². The molecule has 4 nitrogen and oxygen atoms in total. The highest BCUT2D eigenvalue weighted by Gasteiger charge is 2.27. The molecule has 2 N–H and O–H groups in total. The number of anilines is 1. The minimum absolute atomic E-state index is 0.0278. The molecule has 1 amide bonds. The van der Waals surface area contributed by atoms with Crippen molar-refractivity contribution in [1.29, 1.82) is 0 Å². The first-order valence-corrected chi connectivity index (χ1v) is 9.38. The summed E-state index contributed by atoms with van der Waals surface area (Å²) in [7, 11) is 0. The van der Waals surface area contributed by atoms with Crippen LogP contribution in [0.5, 0.6) is 0 Å². The van der Waals surface area contributed by atoms with Gasteiger partial charge in [-0.2, -0.15) is 0 Å². The van der Waals surface area contributed by atoms with E-state index in [2.05, 4.69) is 69.0 Å². The van der Waals surface area contributed by atoms with Crippen LogP contribution in [0, 0.1) is 6.92 Å². The number of carboxylic acid groups (broad SMARTS) is 1. The lowest BCUT2D eigenvalue weighted by molar-refractivity contribution is 0.0691. The van der Waals surface area contributed by atoms with Crippen LogP contribution in [0.2, 0.25) is 0 Å². The second-order valence-corrected chi connectivity index (χ2v) is 7.80. The Morgan fingerprint density at radius 2 is 1.35 bits per heavy atom. The van der Waals surface area contributed by atoms with Crippen molar-refractivity contribution < 1.29 is 14.7 Å². The van der Waals surface area contributed by atoms with Crippen LogP contribution in [0.25, 0.3) is 0 Å². The first kappa shape index (κ1) is 18.6. The maximum Gasteiger partial charge on any atom is 0.337 e. The number of halogens is 4. The summed E-state index contributed by atoms with van der Waals surface area (Å²) in [4.78, 5) is 24.2. The number of carbonyl (C=O) groups excluding carboxylic acids is 1. The fourth-order valence-electron chi connectivity index (χ4n) is 1.88. The van der Waals surface area contributed by atoms with Gasteiger partial charge in [-0.05, 0) is 82.8 Å². The third kappa shape index (κ3) is 3.87. The lowest BCUT2D eigenvalue weighted by Gasteiger charge is -2.15. The molecule has 0 fully saturated rings. The monoisotopic (exact) mass is 567 g/mol. The number of nitrogens with one attached hydrogen (secondary N) is 1. The van der Waals surface area contributed by atoms with Gasteiger partial charge in [0.1, 0.15) is 0 Å². The van der Waals surface area contributed by atoms with Gasteiger partial charge in [0.2, 0.25) is 0 Å². The lowest BCUT2D eigenvalue weighted by atomic mass is 10.1. The van der Waals surface area contributed by atoms with Gasteiger partial charge in [-0.25, -0.2) is 4.79 Å². The van der Waals surface area contributed by atoms with Crippen LogP contribution >= 0.6 is 63.7 Å². The summed E-state index contributed by atoms with van der Waals surface area (Å²) in [5.74, 6) is -1.73. The maximum absolute atomic E-state index is 12.6. The van der Waals surface area contributed by atoms with Crippen LogP contribution in [-0.4, -0.2) is 17.0 Å². The highest BCUT2D eigenvalue weighted by molar-refractivity contribution is 9.15. The fourth-order valence-corrected chi connectivity index (χ4v) is 4.34. The number of hydrogen-bond donors (Lipinski definition) is 2. The van der Waals surface area contributed by atoms with Gasteiger partial charge in [-0.1, -0.05) is 17.7 Å². The molecule has 120 valence electrons. The average Bonchev–Trinajstić information content (AvgIpc) is 2.50. The van der Waals surface area contributed by atoms with E-state index in [9.17, 15) is 14.7 Å². The van der Waals surface area contributed by atoms with Crippen molar-refractivity contribution in [3.05, 3.63) is 58.8 Å². The van der Waals surface area contributed by atoms with E-state index in [0.717, 1.165) is 5.56 Å². The largest absolute Gasteiger partial charge is 0.478 e. The molecule has 0 aliphatic carbocycles. The summed E-state index contributed by atoms with van der Waals surface area (Å²) in [6, 6.07) is 7.22. The summed E-state index contributed by atoms with van der Waals surface area (Å²) >= 11 is 13.1. The maximum atomic E-state index is 12.6. The van der Waals surface area contributed by atoms with E-state index in [1.807, 2.05) is 19.1 Å². The predicted molar refractivity (Wildman–Crippen MR) is 103 cm³/mol. The third-order valence-electron chi connectivity index (χ3n) is 3.02. The van der Waals surface area contributed by atoms with Crippen LogP contribution < -0.4 is 5.32 Å². The molecule has 0 spiro atoms. The topological polar surface area (TPSA) is 66.4 Å². The zero-order chi connectivity index (χ0) is 17.3. The molecule has 2 rings (SSSR count). The molecule has 2 aromatic rings. The Bertz CT molecular complexity index is 804. The van der Waals surface area contributed by atoms with Crippen molar-refractivity contribution in [1.82, 2.24) is 0 Å². The number of aryl methyl sites for hydroxylation is 1. The molecule has 23 heavy (non-hydrogen) atoms. The van der Waals surface area contributed by atoms with Crippen LogP contribution in [0.1, 0.15) is 26.3 Å². The molecule has 0 saturated carbocycles. The first-order valence-electron chi connectivity index (χ1n) is 6.21. The van der Waals surface area contributed by atoms with Crippen LogP contribution in [0.15, 0.2) is 42.2 Å². The molecular formula is C15H9Br4NO3. The van der Waals surface area contributed by atoms with Gasteiger partial charge in [0.25, 0.3) is 5.91 Å². The minimum atomic E-state index is -1.21. The Labute approximate surface area is 166 Å². The normalized spacial score (nSPS) is 10.5. The Morgan fingerprint density at radius 3 is 1.83 bits per heavy atom. The molecule has 0 unspecified atom stereocenters. The number of aromatic carboxylic acids is 1. The standard InChI is InChI=1S/C15H9Br4NO3/c1-6-2-4-7(5-3-6)20-14(21)8-9(15(22)23)11(17)13(19)12(18)10(8)16/h2-5H,1H3,(H,20,21)(H,22,23). The van der Waals surface area contributed by atoms with Gasteiger partial charge in [-0.3, -0.25) is 4.79 Å². The van der Waals surface area contributed by atoms with E-state index in [1.54, 1.807) is 12.1 Å². The molecule has 0 aliphatic heterocycles. The van der Waals surface area contributed by atoms with Crippen molar-refractivity contribution in [2.75, 3.05) is 5.32 Å². The van der Waals surface area contributed by atoms with Gasteiger partial charge < -0.3 is 10.4 Å². The summed E-state index contributed by atoms with van der Waals surface area (Å²) in [6.45, 7) is 1.94. The number of carbonyl (C=O) groups is 2. The van der Waals surface area contributed by atoms with Gasteiger partial charge in [-0.15, -0.1) is 0 Å². The van der Waals surface area contributed by atoms with Gasteiger partial charge in [0.15, 0.2) is 0 Å². The number of rotatable bonds is 3. The summed E-state index contributed by atoms with van der Waals surface area (Å²) in [5.41, 5.74) is 1.54. The Hall–Kier alpha value is -0.700. The second kappa shape index (κ2) is 7.46. The zero-order valence-electron chi connectivity index (χ0n) is 11.6. The Balaban J connectivity index is 2.55. The molecule has 2 aromatic carbocycles. The second-order valence-electron chi connectivity index (χ2n) is 4.63. The van der Waals surface area contributed by atoms with Gasteiger partial charge >= 0.3 is 5.97 Å². The molecule has 0 aliphatic rings. The van der Waals surface area contributed by atoms with Crippen molar-refractivity contribution in [3.8, 4) is 0 Å². The average molecular weight is 571 g/mol. The van der Waals surface area contributed by atoms with E-state index in [4.69, 9.17) is 0 Å². The predicted octanol–water partition coefficient (Wildman–Crippen LogP) is 6.00. The van der Waals surface area contributed by atoms with Crippen molar-refractivity contribution >= 4 is 81.3 Å². The smallest absolute Gasteiger partial charge is 0.337 e. The zero-order valence-corrected chi connectivity index (χ0v) is 17.9. The molecule has 8 heteroatoms.